The molecule has 0 aliphatic heterocycles. The van der Waals surface area contributed by atoms with Crippen LogP contribution in [0.1, 0.15) is 11.1 Å². The average molecular weight is 307 g/mol. The number of fused-ring (bicyclic) bond motifs is 1. The molecule has 0 spiro atoms. The predicted octanol–water partition coefficient (Wildman–Crippen LogP) is 3.72. The first-order valence-corrected chi connectivity index (χ1v) is 7.23. The third-order valence-electron chi connectivity index (χ3n) is 3.67. The van der Waals surface area contributed by atoms with E-state index in [1.807, 2.05) is 48.6 Å². The molecule has 1 heterocycles. The molecule has 0 radical (unpaired) electrons. The zero-order valence-corrected chi connectivity index (χ0v) is 13.0. The van der Waals surface area contributed by atoms with Crippen molar-refractivity contribution >= 4 is 23.1 Å². The van der Waals surface area contributed by atoms with Gasteiger partial charge in [-0.2, -0.15) is 0 Å². The Kier molecular flexibility index (Phi) is 4.15. The van der Waals surface area contributed by atoms with E-state index >= 15 is 0 Å². The van der Waals surface area contributed by atoms with Crippen LogP contribution >= 0.6 is 0 Å². The van der Waals surface area contributed by atoms with Crippen LogP contribution in [0.15, 0.2) is 53.5 Å². The van der Waals surface area contributed by atoms with Crippen LogP contribution in [0.5, 0.6) is 11.5 Å². The zero-order chi connectivity index (χ0) is 16.2. The molecule has 0 aliphatic rings. The fourth-order valence-electron chi connectivity index (χ4n) is 2.45. The van der Waals surface area contributed by atoms with Crippen molar-refractivity contribution in [3.63, 3.8) is 0 Å². The second-order valence-electron chi connectivity index (χ2n) is 5.09. The topological polar surface area (TPSA) is 51.3 Å². The van der Waals surface area contributed by atoms with Gasteiger partial charge in [0.05, 0.1) is 14.2 Å². The maximum atomic E-state index is 11.9. The monoisotopic (exact) mass is 307 g/mol. The normalized spacial score (nSPS) is 11.0. The molecule has 0 fully saturated rings. The van der Waals surface area contributed by atoms with E-state index in [-0.39, 0.29) is 5.43 Å². The molecule has 4 nitrogen and oxygen atoms in total. The number of H-pyrrole nitrogens is 1. The lowest BCUT2D eigenvalue weighted by Gasteiger charge is -2.07. The van der Waals surface area contributed by atoms with E-state index in [4.69, 9.17) is 9.47 Å². The highest BCUT2D eigenvalue weighted by molar-refractivity contribution is 5.83. The van der Waals surface area contributed by atoms with E-state index in [0.29, 0.717) is 5.39 Å². The lowest BCUT2D eigenvalue weighted by molar-refractivity contribution is 0.402. The van der Waals surface area contributed by atoms with E-state index in [0.717, 1.165) is 28.1 Å². The van der Waals surface area contributed by atoms with Crippen LogP contribution < -0.4 is 14.9 Å². The van der Waals surface area contributed by atoms with E-state index < -0.39 is 0 Å². The molecule has 23 heavy (non-hydrogen) atoms. The molecule has 1 N–H and O–H groups in total. The summed E-state index contributed by atoms with van der Waals surface area (Å²) in [6.07, 6.45) is 5.55. The molecular formula is C19H17NO3. The van der Waals surface area contributed by atoms with Crippen molar-refractivity contribution in [3.05, 3.63) is 70.0 Å². The molecule has 0 amide bonds. The van der Waals surface area contributed by atoms with Gasteiger partial charge in [0.15, 0.2) is 5.43 Å². The Morgan fingerprint density at radius 1 is 0.957 bits per heavy atom. The van der Waals surface area contributed by atoms with Gasteiger partial charge in [-0.3, -0.25) is 4.79 Å². The number of hydrogen-bond acceptors (Lipinski definition) is 3. The van der Waals surface area contributed by atoms with Crippen LogP contribution in [0, 0.1) is 0 Å². The van der Waals surface area contributed by atoms with Crippen molar-refractivity contribution in [2.45, 2.75) is 0 Å². The maximum absolute atomic E-state index is 11.9. The number of methoxy groups -OCH3 is 2. The van der Waals surface area contributed by atoms with Crippen LogP contribution in [-0.2, 0) is 0 Å². The Labute approximate surface area is 134 Å². The van der Waals surface area contributed by atoms with Crippen LogP contribution in [0.3, 0.4) is 0 Å². The smallest absolute Gasteiger partial charge is 0.189 e. The summed E-state index contributed by atoms with van der Waals surface area (Å²) in [6.45, 7) is 0. The first-order valence-electron chi connectivity index (χ1n) is 7.23. The first kappa shape index (κ1) is 14.9. The minimum atomic E-state index is 0.00737. The summed E-state index contributed by atoms with van der Waals surface area (Å²) in [5.74, 6) is 1.53. The van der Waals surface area contributed by atoms with E-state index in [1.165, 1.54) is 6.07 Å². The van der Waals surface area contributed by atoms with E-state index in [9.17, 15) is 4.79 Å². The molecule has 0 aliphatic carbocycles. The molecule has 2 aromatic carbocycles. The molecule has 0 atom stereocenters. The summed E-state index contributed by atoms with van der Waals surface area (Å²) in [7, 11) is 3.26. The molecule has 0 unspecified atom stereocenters. The summed E-state index contributed by atoms with van der Waals surface area (Å²) in [5, 5.41) is 0.673. The van der Waals surface area contributed by atoms with Gasteiger partial charge in [0.1, 0.15) is 11.5 Å². The van der Waals surface area contributed by atoms with Gasteiger partial charge >= 0.3 is 0 Å². The molecule has 3 rings (SSSR count). The van der Waals surface area contributed by atoms with Gasteiger partial charge in [0, 0.05) is 28.7 Å². The quantitative estimate of drug-likeness (QED) is 0.747. The minimum Gasteiger partial charge on any atom is -0.497 e. The SMILES string of the molecule is COc1ccc(OC)c(/C=C/c2ccc3[nH]ccc(=O)c3c2)c1. The second kappa shape index (κ2) is 6.40. The van der Waals surface area contributed by atoms with Crippen molar-refractivity contribution in [1.29, 1.82) is 0 Å². The zero-order valence-electron chi connectivity index (χ0n) is 13.0. The second-order valence-corrected chi connectivity index (χ2v) is 5.09. The Morgan fingerprint density at radius 3 is 2.61 bits per heavy atom. The summed E-state index contributed by atoms with van der Waals surface area (Å²) < 4.78 is 10.6. The van der Waals surface area contributed by atoms with Crippen molar-refractivity contribution in [2.24, 2.45) is 0 Å². The van der Waals surface area contributed by atoms with Crippen LogP contribution in [0.25, 0.3) is 23.1 Å². The standard InChI is InChI=1S/C19H17NO3/c1-22-15-6-8-19(23-2)14(12-15)5-3-13-4-7-17-16(11-13)18(21)9-10-20-17/h3-12H,1-2H3,(H,20,21)/b5-3+. The number of nitrogens with one attached hydrogen (secondary N) is 1. The van der Waals surface area contributed by atoms with Crippen LogP contribution in [0.2, 0.25) is 0 Å². The van der Waals surface area contributed by atoms with Gasteiger partial charge < -0.3 is 14.5 Å². The first-order chi connectivity index (χ1) is 11.2. The fraction of sp³-hybridized carbons (Fsp3) is 0.105. The van der Waals surface area contributed by atoms with E-state index in [2.05, 4.69) is 4.98 Å². The van der Waals surface area contributed by atoms with Crippen molar-refractivity contribution in [3.8, 4) is 11.5 Å². The Morgan fingerprint density at radius 2 is 1.83 bits per heavy atom. The summed E-state index contributed by atoms with van der Waals surface area (Å²) in [6, 6.07) is 12.9. The van der Waals surface area contributed by atoms with Gasteiger partial charge in [0.25, 0.3) is 0 Å². The molecule has 0 bridgehead atoms. The Balaban J connectivity index is 2.00. The molecule has 3 aromatic rings. The predicted molar refractivity (Wildman–Crippen MR) is 93.0 cm³/mol. The number of ether oxygens (including phenoxy) is 2. The van der Waals surface area contributed by atoms with Gasteiger partial charge in [-0.1, -0.05) is 18.2 Å². The third-order valence-corrected chi connectivity index (χ3v) is 3.67. The van der Waals surface area contributed by atoms with Gasteiger partial charge in [-0.05, 0) is 35.9 Å². The number of rotatable bonds is 4. The number of aromatic amines is 1. The highest BCUT2D eigenvalue weighted by Gasteiger charge is 2.02. The van der Waals surface area contributed by atoms with Crippen molar-refractivity contribution in [2.75, 3.05) is 14.2 Å². The fourth-order valence-corrected chi connectivity index (χ4v) is 2.45. The molecule has 116 valence electrons. The lowest BCUT2D eigenvalue weighted by atomic mass is 10.1. The molecule has 0 saturated carbocycles. The average Bonchev–Trinajstić information content (AvgIpc) is 2.60. The van der Waals surface area contributed by atoms with Gasteiger partial charge in [-0.15, -0.1) is 0 Å². The molecule has 4 heteroatoms. The molecular weight excluding hydrogens is 290 g/mol. The summed E-state index contributed by atoms with van der Waals surface area (Å²) >= 11 is 0. The highest BCUT2D eigenvalue weighted by Crippen LogP contribution is 2.26. The summed E-state index contributed by atoms with van der Waals surface area (Å²) in [5.41, 5.74) is 2.69. The Hall–Kier alpha value is -3.01. The highest BCUT2D eigenvalue weighted by atomic mass is 16.5. The van der Waals surface area contributed by atoms with Gasteiger partial charge in [-0.25, -0.2) is 0 Å². The number of hydrogen-bond donors (Lipinski definition) is 1. The number of benzene rings is 2. The van der Waals surface area contributed by atoms with Crippen LogP contribution in [0.4, 0.5) is 0 Å². The van der Waals surface area contributed by atoms with E-state index in [1.54, 1.807) is 20.4 Å². The Bertz CT molecular complexity index is 925. The maximum Gasteiger partial charge on any atom is 0.189 e. The third kappa shape index (κ3) is 3.11. The largest absolute Gasteiger partial charge is 0.497 e. The van der Waals surface area contributed by atoms with Crippen molar-refractivity contribution in [1.82, 2.24) is 4.98 Å². The lowest BCUT2D eigenvalue weighted by Crippen LogP contribution is -1.99. The summed E-state index contributed by atoms with van der Waals surface area (Å²) in [4.78, 5) is 15.0. The number of aromatic nitrogens is 1. The van der Waals surface area contributed by atoms with Crippen LogP contribution in [-0.4, -0.2) is 19.2 Å². The molecule has 0 saturated heterocycles. The van der Waals surface area contributed by atoms with Gasteiger partial charge in [0.2, 0.25) is 0 Å². The minimum absolute atomic E-state index is 0.00737. The molecule has 1 aromatic heterocycles. The number of pyridine rings is 1. The van der Waals surface area contributed by atoms with Crippen molar-refractivity contribution < 1.29 is 9.47 Å².